The lowest BCUT2D eigenvalue weighted by Crippen LogP contribution is -2.21. The Morgan fingerprint density at radius 2 is 1.83 bits per heavy atom. The summed E-state index contributed by atoms with van der Waals surface area (Å²) in [5.41, 5.74) is 0.843. The lowest BCUT2D eigenvalue weighted by Gasteiger charge is -2.10. The van der Waals surface area contributed by atoms with Gasteiger partial charge in [-0.25, -0.2) is 4.79 Å². The minimum absolute atomic E-state index is 0.199. The molecule has 0 bridgehead atoms. The number of phenolic OH excluding ortho intramolecular Hbond substituents is 2. The maximum absolute atomic E-state index is 11.9. The van der Waals surface area contributed by atoms with Crippen molar-refractivity contribution >= 4 is 40.2 Å². The monoisotopic (exact) mass is 427 g/mol. The second kappa shape index (κ2) is 7.32. The highest BCUT2D eigenvalue weighted by atomic mass is 127. The Kier molecular flexibility index (Phi) is 5.43. The summed E-state index contributed by atoms with van der Waals surface area (Å²) in [5, 5.41) is 22.0. The number of amides is 1. The molecule has 0 heterocycles. The SMILES string of the molecule is Cc1ccc(C(=O)OCC(=O)Nc2ccccc2I)c(O)c1O. The van der Waals surface area contributed by atoms with Gasteiger partial charge in [0.2, 0.25) is 0 Å². The summed E-state index contributed by atoms with van der Waals surface area (Å²) in [6.45, 7) is 1.08. The zero-order valence-electron chi connectivity index (χ0n) is 12.2. The van der Waals surface area contributed by atoms with E-state index in [0.29, 0.717) is 11.3 Å². The summed E-state index contributed by atoms with van der Waals surface area (Å²) in [4.78, 5) is 23.7. The van der Waals surface area contributed by atoms with E-state index in [9.17, 15) is 19.8 Å². The number of aryl methyl sites for hydroxylation is 1. The largest absolute Gasteiger partial charge is 0.504 e. The summed E-state index contributed by atoms with van der Waals surface area (Å²) in [7, 11) is 0. The fraction of sp³-hybridized carbons (Fsp3) is 0.125. The van der Waals surface area contributed by atoms with Gasteiger partial charge in [0.15, 0.2) is 18.1 Å². The van der Waals surface area contributed by atoms with Crippen molar-refractivity contribution in [2.45, 2.75) is 6.92 Å². The number of carbonyl (C=O) groups excluding carboxylic acids is 2. The molecule has 1 amide bonds. The van der Waals surface area contributed by atoms with Crippen molar-refractivity contribution in [3.8, 4) is 11.5 Å². The van der Waals surface area contributed by atoms with Crippen LogP contribution in [0.1, 0.15) is 15.9 Å². The fourth-order valence-corrected chi connectivity index (χ4v) is 2.33. The fourth-order valence-electron chi connectivity index (χ4n) is 1.80. The Morgan fingerprint density at radius 1 is 1.13 bits per heavy atom. The highest BCUT2D eigenvalue weighted by molar-refractivity contribution is 14.1. The van der Waals surface area contributed by atoms with Crippen LogP contribution in [0, 0.1) is 10.5 Å². The molecule has 120 valence electrons. The Labute approximate surface area is 146 Å². The summed E-state index contributed by atoms with van der Waals surface area (Å²) in [5.74, 6) is -2.34. The van der Waals surface area contributed by atoms with Gasteiger partial charge in [-0.15, -0.1) is 0 Å². The quantitative estimate of drug-likeness (QED) is 0.396. The van der Waals surface area contributed by atoms with Crippen LogP contribution >= 0.6 is 22.6 Å². The molecule has 6 nitrogen and oxygen atoms in total. The second-order valence-electron chi connectivity index (χ2n) is 4.73. The van der Waals surface area contributed by atoms with Crippen molar-refractivity contribution in [3.05, 3.63) is 51.1 Å². The van der Waals surface area contributed by atoms with Crippen LogP contribution in [0.2, 0.25) is 0 Å². The van der Waals surface area contributed by atoms with Crippen LogP contribution in [-0.2, 0) is 9.53 Å². The molecule has 0 aromatic heterocycles. The van der Waals surface area contributed by atoms with Gasteiger partial charge in [-0.3, -0.25) is 4.79 Å². The predicted octanol–water partition coefficient (Wildman–Crippen LogP) is 2.81. The van der Waals surface area contributed by atoms with E-state index in [2.05, 4.69) is 27.9 Å². The smallest absolute Gasteiger partial charge is 0.342 e. The standard InChI is InChI=1S/C16H14INO5/c1-9-6-7-10(15(21)14(9)20)16(22)23-8-13(19)18-12-5-3-2-4-11(12)17/h2-7,20-21H,8H2,1H3,(H,18,19). The minimum Gasteiger partial charge on any atom is -0.504 e. The number of halogens is 1. The lowest BCUT2D eigenvalue weighted by atomic mass is 10.1. The number of phenols is 2. The third kappa shape index (κ3) is 4.13. The number of hydrogen-bond donors (Lipinski definition) is 3. The van der Waals surface area contributed by atoms with E-state index in [-0.39, 0.29) is 11.3 Å². The molecule has 0 radical (unpaired) electrons. The normalized spacial score (nSPS) is 10.2. The van der Waals surface area contributed by atoms with Crippen molar-refractivity contribution in [1.82, 2.24) is 0 Å². The topological polar surface area (TPSA) is 95.9 Å². The van der Waals surface area contributed by atoms with Crippen LogP contribution in [0.15, 0.2) is 36.4 Å². The molecule has 7 heteroatoms. The predicted molar refractivity (Wildman–Crippen MR) is 92.6 cm³/mol. The second-order valence-corrected chi connectivity index (χ2v) is 5.89. The van der Waals surface area contributed by atoms with Crippen molar-refractivity contribution in [3.63, 3.8) is 0 Å². The summed E-state index contributed by atoms with van der Waals surface area (Å²) >= 11 is 2.07. The van der Waals surface area contributed by atoms with Crippen LogP contribution < -0.4 is 5.32 Å². The van der Waals surface area contributed by atoms with Crippen LogP contribution in [0.4, 0.5) is 5.69 Å². The first-order chi connectivity index (χ1) is 10.9. The van der Waals surface area contributed by atoms with Gasteiger partial charge in [0.1, 0.15) is 5.56 Å². The molecule has 2 aromatic carbocycles. The number of benzene rings is 2. The van der Waals surface area contributed by atoms with Gasteiger partial charge in [0.05, 0.1) is 5.69 Å². The van der Waals surface area contributed by atoms with Crippen molar-refractivity contribution in [1.29, 1.82) is 0 Å². The van der Waals surface area contributed by atoms with Crippen molar-refractivity contribution in [2.24, 2.45) is 0 Å². The lowest BCUT2D eigenvalue weighted by molar-refractivity contribution is -0.119. The number of rotatable bonds is 4. The number of para-hydroxylation sites is 1. The van der Waals surface area contributed by atoms with Gasteiger partial charge >= 0.3 is 5.97 Å². The van der Waals surface area contributed by atoms with E-state index in [4.69, 9.17) is 4.74 Å². The Balaban J connectivity index is 1.98. The number of carbonyl (C=O) groups is 2. The molecule has 3 N–H and O–H groups in total. The van der Waals surface area contributed by atoms with Gasteiger partial charge in [0.25, 0.3) is 5.91 Å². The minimum atomic E-state index is -0.893. The number of anilines is 1. The first kappa shape index (κ1) is 17.1. The highest BCUT2D eigenvalue weighted by Gasteiger charge is 2.18. The molecule has 23 heavy (non-hydrogen) atoms. The molecule has 0 atom stereocenters. The summed E-state index contributed by atoms with van der Waals surface area (Å²) in [6, 6.07) is 9.96. The van der Waals surface area contributed by atoms with Crippen LogP contribution in [0.25, 0.3) is 0 Å². The average Bonchev–Trinajstić information content (AvgIpc) is 2.53. The van der Waals surface area contributed by atoms with Gasteiger partial charge < -0.3 is 20.3 Å². The third-order valence-corrected chi connectivity index (χ3v) is 4.00. The molecule has 0 spiro atoms. The molecule has 0 saturated carbocycles. The molecular formula is C16H14INO5. The van der Waals surface area contributed by atoms with Gasteiger partial charge in [-0.05, 0) is 53.3 Å². The zero-order chi connectivity index (χ0) is 17.0. The first-order valence-corrected chi connectivity index (χ1v) is 7.71. The van der Waals surface area contributed by atoms with Crippen LogP contribution in [-0.4, -0.2) is 28.7 Å². The van der Waals surface area contributed by atoms with E-state index in [1.54, 1.807) is 19.1 Å². The average molecular weight is 427 g/mol. The van der Waals surface area contributed by atoms with Crippen LogP contribution in [0.5, 0.6) is 11.5 Å². The van der Waals surface area contributed by atoms with Gasteiger partial charge in [0, 0.05) is 3.57 Å². The first-order valence-electron chi connectivity index (χ1n) is 6.63. The maximum Gasteiger partial charge on any atom is 0.342 e. The molecule has 0 unspecified atom stereocenters. The van der Waals surface area contributed by atoms with E-state index in [1.165, 1.54) is 12.1 Å². The number of hydrogen-bond acceptors (Lipinski definition) is 5. The molecule has 0 saturated heterocycles. The Bertz CT molecular complexity index is 760. The molecule has 0 aliphatic heterocycles. The summed E-state index contributed by atoms with van der Waals surface area (Å²) in [6.07, 6.45) is 0. The van der Waals surface area contributed by atoms with E-state index in [1.807, 2.05) is 12.1 Å². The van der Waals surface area contributed by atoms with E-state index in [0.717, 1.165) is 3.57 Å². The number of nitrogens with one attached hydrogen (secondary N) is 1. The maximum atomic E-state index is 11.9. The molecule has 0 aliphatic carbocycles. The Hall–Kier alpha value is -2.29. The number of ether oxygens (including phenoxy) is 1. The Morgan fingerprint density at radius 3 is 2.52 bits per heavy atom. The molecule has 2 aromatic rings. The summed E-state index contributed by atoms with van der Waals surface area (Å²) < 4.78 is 5.71. The molecular weight excluding hydrogens is 413 g/mol. The molecule has 0 fully saturated rings. The highest BCUT2D eigenvalue weighted by Crippen LogP contribution is 2.32. The number of aromatic hydroxyl groups is 2. The molecule has 0 aliphatic rings. The van der Waals surface area contributed by atoms with Crippen molar-refractivity contribution < 1.29 is 24.5 Å². The molecule has 2 rings (SSSR count). The van der Waals surface area contributed by atoms with Gasteiger partial charge in [-0.1, -0.05) is 18.2 Å². The van der Waals surface area contributed by atoms with Gasteiger partial charge in [-0.2, -0.15) is 0 Å². The number of esters is 1. The van der Waals surface area contributed by atoms with Crippen LogP contribution in [0.3, 0.4) is 0 Å². The van der Waals surface area contributed by atoms with E-state index >= 15 is 0 Å². The third-order valence-electron chi connectivity index (χ3n) is 3.06. The zero-order valence-corrected chi connectivity index (χ0v) is 14.3. The van der Waals surface area contributed by atoms with Crippen molar-refractivity contribution in [2.75, 3.05) is 11.9 Å². The van der Waals surface area contributed by atoms with E-state index < -0.39 is 24.2 Å².